The molecule has 1 saturated carbocycles. The van der Waals surface area contributed by atoms with E-state index in [0.29, 0.717) is 21.7 Å². The van der Waals surface area contributed by atoms with Crippen molar-refractivity contribution in [3.05, 3.63) is 168 Å². The fourth-order valence-corrected chi connectivity index (χ4v) is 9.63. The summed E-state index contributed by atoms with van der Waals surface area (Å²) in [6.45, 7) is 53.4. The van der Waals surface area contributed by atoms with E-state index in [1.165, 1.54) is 91.2 Å². The van der Waals surface area contributed by atoms with E-state index in [1.54, 1.807) is 0 Å². The third-order valence-corrected chi connectivity index (χ3v) is 15.0. The molecule has 7 nitrogen and oxygen atoms in total. The molecule has 5 heterocycles. The third-order valence-electron chi connectivity index (χ3n) is 15.0. The Kier molecular flexibility index (Phi) is 44.4. The lowest BCUT2D eigenvalue weighted by molar-refractivity contribution is 0.162. The Morgan fingerprint density at radius 2 is 0.978 bits per heavy atom. The third kappa shape index (κ3) is 41.0. The van der Waals surface area contributed by atoms with Gasteiger partial charge in [-0.25, -0.2) is 4.79 Å². The molecule has 89 heavy (non-hydrogen) atoms. The van der Waals surface area contributed by atoms with Crippen molar-refractivity contribution in [1.29, 1.82) is 0 Å². The molecule has 0 unspecified atom stereocenters. The predicted molar refractivity (Wildman–Crippen MR) is 404 cm³/mol. The predicted octanol–water partition coefficient (Wildman–Crippen LogP) is 24.7. The summed E-state index contributed by atoms with van der Waals surface area (Å²) in [5.74, 6) is 2.06. The van der Waals surface area contributed by atoms with E-state index in [0.717, 1.165) is 50.1 Å². The minimum absolute atomic E-state index is 0. The highest BCUT2D eigenvalue weighted by Gasteiger charge is 2.27. The molecular weight excluding hydrogens is 1080 g/mol. The van der Waals surface area contributed by atoms with Crippen LogP contribution in [0.1, 0.15) is 277 Å². The van der Waals surface area contributed by atoms with Crippen molar-refractivity contribution in [2.24, 2.45) is 28.1 Å². The van der Waals surface area contributed by atoms with Gasteiger partial charge in [-0.05, 0) is 155 Å². The lowest BCUT2D eigenvalue weighted by atomic mass is 9.83. The molecule has 2 saturated heterocycles. The van der Waals surface area contributed by atoms with E-state index < -0.39 is 0 Å². The highest BCUT2D eigenvalue weighted by Crippen LogP contribution is 2.39. The van der Waals surface area contributed by atoms with Crippen LogP contribution >= 0.6 is 0 Å². The van der Waals surface area contributed by atoms with Gasteiger partial charge in [0.1, 0.15) is 0 Å². The Bertz CT molecular complexity index is 2500. The number of benzene rings is 3. The summed E-state index contributed by atoms with van der Waals surface area (Å²) in [6.07, 6.45) is 18.6. The van der Waals surface area contributed by atoms with Crippen molar-refractivity contribution < 1.29 is 4.79 Å². The van der Waals surface area contributed by atoms with Crippen LogP contribution in [0.2, 0.25) is 0 Å². The Morgan fingerprint density at radius 3 is 1.36 bits per heavy atom. The van der Waals surface area contributed by atoms with Gasteiger partial charge in [0.25, 0.3) is 0 Å². The molecule has 3 aromatic heterocycles. The van der Waals surface area contributed by atoms with Gasteiger partial charge in [-0.3, -0.25) is 14.9 Å². The van der Waals surface area contributed by atoms with Gasteiger partial charge in [-0.15, -0.1) is 0 Å². The number of nitrogens with zero attached hydrogens (tertiary/aromatic N) is 4. The molecule has 2 N–H and O–H groups in total. The van der Waals surface area contributed by atoms with Crippen molar-refractivity contribution in [3.63, 3.8) is 0 Å². The summed E-state index contributed by atoms with van der Waals surface area (Å²) in [5.41, 5.74) is 10.3. The average Bonchev–Trinajstić information content (AvgIpc) is 3.92. The van der Waals surface area contributed by atoms with E-state index in [4.69, 9.17) is 0 Å². The first-order valence-corrected chi connectivity index (χ1v) is 31.2. The smallest absolute Gasteiger partial charge is 0.317 e. The molecule has 3 aromatic carbocycles. The maximum atomic E-state index is 11.1. The largest absolute Gasteiger partial charge is 0.361 e. The van der Waals surface area contributed by atoms with Gasteiger partial charge in [0.05, 0.1) is 0 Å². The normalized spacial score (nSPS) is 14.0. The van der Waals surface area contributed by atoms with Gasteiger partial charge in [-0.1, -0.05) is 289 Å². The molecule has 0 radical (unpaired) electrons. The second-order valence-corrected chi connectivity index (χ2v) is 31.1. The fraction of sp³-hybridized carbons (Fsp3) is 0.622. The first-order valence-electron chi connectivity index (χ1n) is 31.2. The molecule has 7 heteroatoms. The molecule has 2 aliphatic heterocycles. The molecule has 0 bridgehead atoms. The second kappa shape index (κ2) is 42.7. The number of likely N-dealkylation sites (tertiary alicyclic amines) is 1. The lowest BCUT2D eigenvalue weighted by Gasteiger charge is -2.33. The quantitative estimate of drug-likeness (QED) is 0.167. The van der Waals surface area contributed by atoms with Crippen LogP contribution in [0.15, 0.2) is 140 Å². The number of aromatic nitrogens is 3. The Morgan fingerprint density at radius 1 is 0.472 bits per heavy atom. The number of hydrogen-bond donors (Lipinski definition) is 2. The van der Waals surface area contributed by atoms with Crippen molar-refractivity contribution in [2.75, 3.05) is 32.7 Å². The Hall–Kier alpha value is -5.27. The minimum atomic E-state index is 0. The van der Waals surface area contributed by atoms with Crippen LogP contribution in [-0.2, 0) is 28.2 Å². The van der Waals surface area contributed by atoms with Gasteiger partial charge in [0.15, 0.2) is 0 Å². The molecule has 3 aliphatic rings. The van der Waals surface area contributed by atoms with Crippen molar-refractivity contribution in [3.8, 4) is 0 Å². The van der Waals surface area contributed by atoms with Crippen LogP contribution in [0.5, 0.6) is 0 Å². The maximum absolute atomic E-state index is 11.1. The van der Waals surface area contributed by atoms with Gasteiger partial charge < -0.3 is 15.2 Å². The van der Waals surface area contributed by atoms with Crippen LogP contribution in [0.3, 0.4) is 0 Å². The number of rotatable bonds is 7. The molecule has 0 atom stereocenters. The number of pyridine rings is 2. The van der Waals surface area contributed by atoms with Crippen molar-refractivity contribution >= 4 is 16.9 Å². The summed E-state index contributed by atoms with van der Waals surface area (Å²) in [7, 11) is 0. The molecular formula is C82H146N6O. The van der Waals surface area contributed by atoms with E-state index in [9.17, 15) is 4.79 Å². The van der Waals surface area contributed by atoms with Crippen LogP contribution in [0, 0.1) is 28.1 Å². The van der Waals surface area contributed by atoms with Crippen LogP contribution in [0.25, 0.3) is 10.9 Å². The summed E-state index contributed by atoms with van der Waals surface area (Å²) in [6, 6.07) is 40.2. The zero-order chi connectivity index (χ0) is 61.4. The molecule has 1 aliphatic carbocycles. The average molecular weight is 1230 g/mol. The van der Waals surface area contributed by atoms with Crippen LogP contribution in [0.4, 0.5) is 4.79 Å². The fourth-order valence-electron chi connectivity index (χ4n) is 9.63. The number of amides is 2. The Balaban J connectivity index is -0.000000309. The zero-order valence-electron chi connectivity index (χ0n) is 56.0. The number of hydrogen-bond acceptors (Lipinski definition) is 4. The summed E-state index contributed by atoms with van der Waals surface area (Å²) in [5, 5.41) is 4.14. The van der Waals surface area contributed by atoms with E-state index in [1.807, 2.05) is 41.8 Å². The van der Waals surface area contributed by atoms with Crippen molar-refractivity contribution in [2.45, 2.75) is 277 Å². The van der Waals surface area contributed by atoms with Gasteiger partial charge in [0, 0.05) is 73.0 Å². The summed E-state index contributed by atoms with van der Waals surface area (Å²) >= 11 is 0. The second-order valence-electron chi connectivity index (χ2n) is 31.1. The highest BCUT2D eigenvalue weighted by atomic mass is 16.2. The highest BCUT2D eigenvalue weighted by molar-refractivity contribution is 5.83. The monoisotopic (exact) mass is 1230 g/mol. The molecule has 510 valence electrons. The van der Waals surface area contributed by atoms with E-state index in [2.05, 4.69) is 274 Å². The van der Waals surface area contributed by atoms with Gasteiger partial charge in [0.2, 0.25) is 0 Å². The number of piperidine rings is 1. The molecule has 9 rings (SSSR count). The lowest BCUT2D eigenvalue weighted by Crippen LogP contribution is -2.33. The van der Waals surface area contributed by atoms with E-state index >= 15 is 0 Å². The number of nitrogens with one attached hydrogen (secondary N) is 2. The summed E-state index contributed by atoms with van der Waals surface area (Å²) < 4.78 is 0. The van der Waals surface area contributed by atoms with Gasteiger partial charge in [-0.2, -0.15) is 0 Å². The number of urea groups is 1. The molecule has 3 fully saturated rings. The number of H-pyrrole nitrogens is 1. The standard InChI is InChI=1S/C18H29N.C12H15N.C10H14.C9H18N2O.2C9H13N.C8H16.7CH4/c1-18(2,3)12-9-16-10-13-19(14-11-16)15-17-7-5-4-6-8-17;1-12(2,3)10-5-4-6-11-9(10)7-8-13-11;1-10(2,3)9-7-5-4-6-8-9;1-9(2,3)4-6-11-7-5-10-8(11)12;1-9(2,3)8-4-6-10-7-5-8;1-9(2,3)8-6-4-5-7-10-8;1-8(2,3)6-7-4-5-7;;;;;;;/h4-8,16H,9-15H2,1-3H3;4-8,13H,1-3H3;4-8H,1-3H3;4-7H2,1-3H3,(H,10,12);2*4-7H,1-3H3;7H,4-6H2,1-3H3;7*1H4. The minimum Gasteiger partial charge on any atom is -0.361 e. The van der Waals surface area contributed by atoms with Crippen LogP contribution < -0.4 is 5.32 Å². The summed E-state index contributed by atoms with van der Waals surface area (Å²) in [4.78, 5) is 27.0. The zero-order valence-corrected chi connectivity index (χ0v) is 56.0. The Labute approximate surface area is 554 Å². The number of carbonyl (C=O) groups is 1. The molecule has 2 amide bonds. The maximum Gasteiger partial charge on any atom is 0.317 e. The van der Waals surface area contributed by atoms with E-state index in [-0.39, 0.29) is 74.3 Å². The van der Waals surface area contributed by atoms with Crippen LogP contribution in [-0.4, -0.2) is 63.5 Å². The number of fused-ring (bicyclic) bond motifs is 1. The first kappa shape index (κ1) is 92.5. The first-order chi connectivity index (χ1) is 38.0. The molecule has 6 aromatic rings. The van der Waals surface area contributed by atoms with Crippen molar-refractivity contribution in [1.82, 2.24) is 30.1 Å². The van der Waals surface area contributed by atoms with Gasteiger partial charge >= 0.3 is 6.03 Å². The SMILES string of the molecule is C.C.C.C.C.C.C.CC(C)(C)CC1CC1.CC(C)(C)CCC1CCN(Cc2ccccc2)CC1.CC(C)(C)CCN1CCNC1=O.CC(C)(C)c1cccc2[nH]ccc12.CC(C)(C)c1ccccc1.CC(C)(C)c1ccccn1.CC(C)(C)c1ccncc1. The molecule has 0 spiro atoms. The number of aromatic amines is 1. The topological polar surface area (TPSA) is 77.1 Å². The number of carbonyl (C=O) groups excluding carboxylic acids is 1.